The average Bonchev–Trinajstić information content (AvgIpc) is 3.23. The maximum absolute atomic E-state index is 13.5. The number of thiocarbonyl (C=S) groups is 1. The van der Waals surface area contributed by atoms with Crippen molar-refractivity contribution in [1.82, 2.24) is 24.7 Å². The zero-order valence-corrected chi connectivity index (χ0v) is 19.2. The molecule has 0 unspecified atom stereocenters. The van der Waals surface area contributed by atoms with Gasteiger partial charge in [0.05, 0.1) is 17.8 Å². The number of hydrogen-bond donors (Lipinski definition) is 1. The quantitative estimate of drug-likeness (QED) is 0.586. The summed E-state index contributed by atoms with van der Waals surface area (Å²) in [4.78, 5) is 9.05. The van der Waals surface area contributed by atoms with Gasteiger partial charge in [-0.05, 0) is 88.2 Å². The Hall–Kier alpha value is -2.77. The summed E-state index contributed by atoms with van der Waals surface area (Å²) in [6, 6.07) is 14.8. The summed E-state index contributed by atoms with van der Waals surface area (Å²) < 4.78 is 15.7. The molecule has 1 aromatic carbocycles. The van der Waals surface area contributed by atoms with Gasteiger partial charge in [0.15, 0.2) is 5.11 Å². The standard InChI is InChI=1S/C24H28FN5S/c1-16-15-20(17(2)30(16)19-10-8-18(25)9-11-19)23-22(21-7-5-6-12-26-21)27-24(31)29(23)14-13-28(3)4/h5-12,15,22-23H,13-14H2,1-4H3,(H,27,31)/t22-,23-/m1/s1. The fraction of sp³-hybridized carbons (Fsp3) is 0.333. The molecule has 5 nitrogen and oxygen atoms in total. The zero-order valence-electron chi connectivity index (χ0n) is 18.3. The number of pyridine rings is 1. The molecule has 3 heterocycles. The number of benzene rings is 1. The predicted octanol–water partition coefficient (Wildman–Crippen LogP) is 4.16. The molecule has 7 heteroatoms. The minimum absolute atomic E-state index is 0.0164. The molecule has 31 heavy (non-hydrogen) atoms. The van der Waals surface area contributed by atoms with E-state index in [0.29, 0.717) is 0 Å². The highest BCUT2D eigenvalue weighted by atomic mass is 32.1. The van der Waals surface area contributed by atoms with Crippen molar-refractivity contribution >= 4 is 17.3 Å². The van der Waals surface area contributed by atoms with Crippen LogP contribution < -0.4 is 5.32 Å². The third-order valence-electron chi connectivity index (χ3n) is 5.86. The number of rotatable bonds is 6. The Bertz CT molecular complexity index is 1060. The Morgan fingerprint density at radius 3 is 2.52 bits per heavy atom. The molecule has 0 saturated carbocycles. The first-order chi connectivity index (χ1) is 14.9. The minimum Gasteiger partial charge on any atom is -0.352 e. The van der Waals surface area contributed by atoms with E-state index in [1.165, 1.54) is 17.7 Å². The van der Waals surface area contributed by atoms with E-state index in [2.05, 4.69) is 58.7 Å². The molecule has 2 atom stereocenters. The molecular weight excluding hydrogens is 409 g/mol. The third-order valence-corrected chi connectivity index (χ3v) is 6.21. The number of aromatic nitrogens is 2. The normalized spacial score (nSPS) is 18.6. The molecule has 0 spiro atoms. The Labute approximate surface area is 188 Å². The van der Waals surface area contributed by atoms with Gasteiger partial charge in [0.25, 0.3) is 0 Å². The van der Waals surface area contributed by atoms with Crippen LogP contribution in [0.1, 0.15) is 34.7 Å². The molecule has 0 amide bonds. The molecule has 1 aliphatic heterocycles. The summed E-state index contributed by atoms with van der Waals surface area (Å²) in [5, 5.41) is 4.26. The lowest BCUT2D eigenvalue weighted by Crippen LogP contribution is -2.35. The van der Waals surface area contributed by atoms with Crippen LogP contribution in [-0.4, -0.2) is 51.6 Å². The Morgan fingerprint density at radius 2 is 1.87 bits per heavy atom. The van der Waals surface area contributed by atoms with Gasteiger partial charge in [-0.15, -0.1) is 0 Å². The van der Waals surface area contributed by atoms with Gasteiger partial charge in [-0.3, -0.25) is 4.98 Å². The van der Waals surface area contributed by atoms with Crippen LogP contribution in [0.3, 0.4) is 0 Å². The van der Waals surface area contributed by atoms with Crippen molar-refractivity contribution in [2.75, 3.05) is 27.2 Å². The molecule has 0 radical (unpaired) electrons. The van der Waals surface area contributed by atoms with Gasteiger partial charge in [0, 0.05) is 36.4 Å². The topological polar surface area (TPSA) is 36.3 Å². The van der Waals surface area contributed by atoms with Crippen molar-refractivity contribution in [2.24, 2.45) is 0 Å². The van der Waals surface area contributed by atoms with Gasteiger partial charge >= 0.3 is 0 Å². The van der Waals surface area contributed by atoms with E-state index in [1.54, 1.807) is 0 Å². The molecule has 4 rings (SSSR count). The van der Waals surface area contributed by atoms with E-state index < -0.39 is 0 Å². The van der Waals surface area contributed by atoms with Gasteiger partial charge in [-0.2, -0.15) is 0 Å². The summed E-state index contributed by atoms with van der Waals surface area (Å²) in [7, 11) is 4.14. The number of halogens is 1. The van der Waals surface area contributed by atoms with Crippen LogP contribution in [0.4, 0.5) is 4.39 Å². The monoisotopic (exact) mass is 437 g/mol. The number of nitrogens with one attached hydrogen (secondary N) is 1. The molecule has 1 saturated heterocycles. The molecule has 162 valence electrons. The van der Waals surface area contributed by atoms with Crippen LogP contribution in [-0.2, 0) is 0 Å². The van der Waals surface area contributed by atoms with Crippen LogP contribution in [0.5, 0.6) is 0 Å². The van der Waals surface area contributed by atoms with Crippen molar-refractivity contribution < 1.29 is 4.39 Å². The lowest BCUT2D eigenvalue weighted by atomic mass is 9.97. The summed E-state index contributed by atoms with van der Waals surface area (Å²) in [5.74, 6) is -0.234. The third kappa shape index (κ3) is 4.20. The van der Waals surface area contributed by atoms with Crippen molar-refractivity contribution in [3.05, 3.63) is 83.2 Å². The number of nitrogens with zero attached hydrogens (tertiary/aromatic N) is 4. The smallest absolute Gasteiger partial charge is 0.170 e. The SMILES string of the molecule is Cc1cc([C@@H]2[C@@H](c3ccccn3)NC(=S)N2CCN(C)C)c(C)n1-c1ccc(F)cc1. The van der Waals surface area contributed by atoms with Crippen LogP contribution >= 0.6 is 12.2 Å². The molecule has 1 aliphatic rings. The van der Waals surface area contributed by atoms with Crippen LogP contribution in [0.2, 0.25) is 0 Å². The summed E-state index contributed by atoms with van der Waals surface area (Å²) >= 11 is 5.76. The Kier molecular flexibility index (Phi) is 6.07. The van der Waals surface area contributed by atoms with E-state index in [1.807, 2.05) is 36.5 Å². The van der Waals surface area contributed by atoms with E-state index in [-0.39, 0.29) is 17.9 Å². The lowest BCUT2D eigenvalue weighted by Gasteiger charge is -2.29. The van der Waals surface area contributed by atoms with Crippen LogP contribution in [0.15, 0.2) is 54.7 Å². The highest BCUT2D eigenvalue weighted by Gasteiger charge is 2.41. The first-order valence-electron chi connectivity index (χ1n) is 10.4. The van der Waals surface area contributed by atoms with Crippen molar-refractivity contribution in [2.45, 2.75) is 25.9 Å². The maximum atomic E-state index is 13.5. The fourth-order valence-corrected chi connectivity index (χ4v) is 4.70. The molecule has 1 N–H and O–H groups in total. The van der Waals surface area contributed by atoms with Crippen molar-refractivity contribution in [1.29, 1.82) is 0 Å². The molecule has 0 bridgehead atoms. The second-order valence-corrected chi connectivity index (χ2v) is 8.65. The summed E-state index contributed by atoms with van der Waals surface area (Å²) in [6.45, 7) is 5.91. The Balaban J connectivity index is 1.80. The van der Waals surface area contributed by atoms with Crippen molar-refractivity contribution in [3.63, 3.8) is 0 Å². The fourth-order valence-electron chi connectivity index (χ4n) is 4.37. The summed E-state index contributed by atoms with van der Waals surface area (Å²) in [6.07, 6.45) is 1.82. The van der Waals surface area contributed by atoms with E-state index in [0.717, 1.165) is 41.0 Å². The van der Waals surface area contributed by atoms with E-state index in [4.69, 9.17) is 12.2 Å². The van der Waals surface area contributed by atoms with Gasteiger partial charge in [0.1, 0.15) is 5.82 Å². The largest absolute Gasteiger partial charge is 0.352 e. The highest BCUT2D eigenvalue weighted by molar-refractivity contribution is 7.80. The number of aryl methyl sites for hydroxylation is 1. The summed E-state index contributed by atoms with van der Waals surface area (Å²) in [5.41, 5.74) is 5.34. The van der Waals surface area contributed by atoms with Gasteiger partial charge in [-0.25, -0.2) is 4.39 Å². The van der Waals surface area contributed by atoms with E-state index in [9.17, 15) is 4.39 Å². The molecule has 0 aliphatic carbocycles. The second-order valence-electron chi connectivity index (χ2n) is 8.26. The van der Waals surface area contributed by atoms with Crippen molar-refractivity contribution in [3.8, 4) is 5.69 Å². The van der Waals surface area contributed by atoms with Gasteiger partial charge < -0.3 is 19.7 Å². The first-order valence-corrected chi connectivity index (χ1v) is 10.8. The molecular formula is C24H28FN5S. The Morgan fingerprint density at radius 1 is 1.13 bits per heavy atom. The number of likely N-dealkylation sites (N-methyl/N-ethyl adjacent to an activating group) is 1. The molecule has 2 aromatic heterocycles. The highest BCUT2D eigenvalue weighted by Crippen LogP contribution is 2.41. The second kappa shape index (κ2) is 8.77. The van der Waals surface area contributed by atoms with E-state index >= 15 is 0 Å². The maximum Gasteiger partial charge on any atom is 0.170 e. The zero-order chi connectivity index (χ0) is 22.1. The molecule has 1 fully saturated rings. The predicted molar refractivity (Wildman–Crippen MR) is 126 cm³/mol. The average molecular weight is 438 g/mol. The first kappa shape index (κ1) is 21.5. The lowest BCUT2D eigenvalue weighted by molar-refractivity contribution is 0.277. The minimum atomic E-state index is -0.234. The van der Waals surface area contributed by atoms with Crippen LogP contribution in [0.25, 0.3) is 5.69 Å². The number of hydrogen-bond acceptors (Lipinski definition) is 3. The van der Waals surface area contributed by atoms with Crippen LogP contribution in [0, 0.1) is 19.7 Å². The molecule has 3 aromatic rings. The van der Waals surface area contributed by atoms with Gasteiger partial charge in [-0.1, -0.05) is 6.07 Å². The van der Waals surface area contributed by atoms with Gasteiger partial charge in [0.2, 0.25) is 0 Å².